The van der Waals surface area contributed by atoms with Crippen molar-refractivity contribution in [1.82, 2.24) is 5.32 Å². The number of amides is 1. The maximum absolute atomic E-state index is 11.9. The van der Waals surface area contributed by atoms with Gasteiger partial charge in [-0.05, 0) is 38.5 Å². The van der Waals surface area contributed by atoms with Crippen molar-refractivity contribution in [2.24, 2.45) is 5.14 Å². The molecule has 0 aliphatic carbocycles. The molecule has 0 heterocycles. The first-order chi connectivity index (χ1) is 8.12. The first-order valence-electron chi connectivity index (χ1n) is 5.26. The van der Waals surface area contributed by atoms with E-state index in [2.05, 4.69) is 21.2 Å². The molecule has 0 saturated carbocycles. The summed E-state index contributed by atoms with van der Waals surface area (Å²) in [6, 6.07) is 2.64. The van der Waals surface area contributed by atoms with Gasteiger partial charge >= 0.3 is 0 Å². The van der Waals surface area contributed by atoms with Gasteiger partial charge in [-0.1, -0.05) is 15.9 Å². The predicted molar refractivity (Wildman–Crippen MR) is 72.9 cm³/mol. The maximum Gasteiger partial charge on any atom is 0.251 e. The van der Waals surface area contributed by atoms with Gasteiger partial charge in [0, 0.05) is 16.1 Å². The SMILES string of the molecule is Cc1c(Br)cc(S(N)(=O)=O)cc1C(=O)NC(C)C. The molecule has 1 rings (SSSR count). The summed E-state index contributed by atoms with van der Waals surface area (Å²) in [5.74, 6) is -0.325. The van der Waals surface area contributed by atoms with Crippen molar-refractivity contribution >= 4 is 31.9 Å². The van der Waals surface area contributed by atoms with E-state index in [1.54, 1.807) is 6.92 Å². The van der Waals surface area contributed by atoms with Crippen LogP contribution in [0.3, 0.4) is 0 Å². The van der Waals surface area contributed by atoms with E-state index in [0.29, 0.717) is 15.6 Å². The van der Waals surface area contributed by atoms with E-state index in [0.717, 1.165) is 0 Å². The fraction of sp³-hybridized carbons (Fsp3) is 0.364. The number of nitrogens with two attached hydrogens (primary N) is 1. The second kappa shape index (κ2) is 5.38. The summed E-state index contributed by atoms with van der Waals surface area (Å²) in [7, 11) is -3.84. The number of hydrogen-bond donors (Lipinski definition) is 2. The quantitative estimate of drug-likeness (QED) is 0.878. The molecule has 7 heteroatoms. The molecule has 0 aliphatic rings. The Labute approximate surface area is 115 Å². The number of halogens is 1. The van der Waals surface area contributed by atoms with Crippen molar-refractivity contribution < 1.29 is 13.2 Å². The number of rotatable bonds is 3. The minimum atomic E-state index is -3.84. The number of hydrogen-bond acceptors (Lipinski definition) is 3. The second-order valence-electron chi connectivity index (χ2n) is 4.25. The van der Waals surface area contributed by atoms with Gasteiger partial charge in [-0.15, -0.1) is 0 Å². The molecule has 3 N–H and O–H groups in total. The lowest BCUT2D eigenvalue weighted by atomic mass is 10.1. The molecule has 0 spiro atoms. The van der Waals surface area contributed by atoms with E-state index < -0.39 is 10.0 Å². The van der Waals surface area contributed by atoms with Crippen LogP contribution in [0.5, 0.6) is 0 Å². The molecule has 18 heavy (non-hydrogen) atoms. The van der Waals surface area contributed by atoms with E-state index >= 15 is 0 Å². The van der Waals surface area contributed by atoms with Gasteiger partial charge in [-0.25, -0.2) is 13.6 Å². The van der Waals surface area contributed by atoms with Gasteiger partial charge in [-0.2, -0.15) is 0 Å². The zero-order chi connectivity index (χ0) is 14.1. The summed E-state index contributed by atoms with van der Waals surface area (Å²) in [5.41, 5.74) is 0.961. The highest BCUT2D eigenvalue weighted by Gasteiger charge is 2.17. The van der Waals surface area contributed by atoms with Crippen LogP contribution in [0.4, 0.5) is 0 Å². The number of carbonyl (C=O) groups is 1. The van der Waals surface area contributed by atoms with E-state index in [1.807, 2.05) is 13.8 Å². The molecule has 0 aromatic heterocycles. The Balaban J connectivity index is 3.36. The lowest BCUT2D eigenvalue weighted by molar-refractivity contribution is 0.0942. The first-order valence-corrected chi connectivity index (χ1v) is 7.60. The topological polar surface area (TPSA) is 89.3 Å². The molecule has 5 nitrogen and oxygen atoms in total. The normalized spacial score (nSPS) is 11.7. The minimum absolute atomic E-state index is 0.0335. The van der Waals surface area contributed by atoms with Crippen LogP contribution in [0, 0.1) is 6.92 Å². The van der Waals surface area contributed by atoms with Gasteiger partial charge in [0.05, 0.1) is 4.90 Å². The molecule has 0 radical (unpaired) electrons. The molecule has 0 unspecified atom stereocenters. The summed E-state index contributed by atoms with van der Waals surface area (Å²) in [6.45, 7) is 5.38. The Hall–Kier alpha value is -0.920. The third-order valence-electron chi connectivity index (χ3n) is 2.31. The van der Waals surface area contributed by atoms with Gasteiger partial charge in [0.15, 0.2) is 0 Å². The lowest BCUT2D eigenvalue weighted by Crippen LogP contribution is -2.31. The molecule has 0 saturated heterocycles. The van der Waals surface area contributed by atoms with E-state index in [-0.39, 0.29) is 16.8 Å². The smallest absolute Gasteiger partial charge is 0.251 e. The van der Waals surface area contributed by atoms with Crippen LogP contribution in [0.2, 0.25) is 0 Å². The second-order valence-corrected chi connectivity index (χ2v) is 6.67. The molecule has 0 fully saturated rings. The van der Waals surface area contributed by atoms with Crippen molar-refractivity contribution in [3.63, 3.8) is 0 Å². The van der Waals surface area contributed by atoms with Crippen LogP contribution in [-0.4, -0.2) is 20.4 Å². The van der Waals surface area contributed by atoms with Gasteiger partial charge < -0.3 is 5.32 Å². The minimum Gasteiger partial charge on any atom is -0.350 e. The molecule has 0 bridgehead atoms. The van der Waals surface area contributed by atoms with E-state index in [9.17, 15) is 13.2 Å². The summed E-state index contributed by atoms with van der Waals surface area (Å²) in [4.78, 5) is 11.9. The monoisotopic (exact) mass is 334 g/mol. The molecular weight excluding hydrogens is 320 g/mol. The Morgan fingerprint density at radius 1 is 1.39 bits per heavy atom. The average molecular weight is 335 g/mol. The van der Waals surface area contributed by atoms with Crippen molar-refractivity contribution in [1.29, 1.82) is 0 Å². The summed E-state index contributed by atoms with van der Waals surface area (Å²) in [5, 5.41) is 7.78. The fourth-order valence-electron chi connectivity index (χ4n) is 1.39. The Morgan fingerprint density at radius 3 is 2.39 bits per heavy atom. The Morgan fingerprint density at radius 2 is 1.94 bits per heavy atom. The first kappa shape index (κ1) is 15.1. The number of benzene rings is 1. The third kappa shape index (κ3) is 3.54. The van der Waals surface area contributed by atoms with Crippen LogP contribution in [-0.2, 0) is 10.0 Å². The maximum atomic E-state index is 11.9. The third-order valence-corrected chi connectivity index (χ3v) is 4.03. The van der Waals surface area contributed by atoms with Crippen LogP contribution in [0.25, 0.3) is 0 Å². The highest BCUT2D eigenvalue weighted by molar-refractivity contribution is 9.10. The lowest BCUT2D eigenvalue weighted by Gasteiger charge is -2.12. The molecule has 1 aromatic rings. The van der Waals surface area contributed by atoms with Gasteiger partial charge in [0.25, 0.3) is 5.91 Å². The van der Waals surface area contributed by atoms with Gasteiger partial charge in [-0.3, -0.25) is 4.79 Å². The summed E-state index contributed by atoms with van der Waals surface area (Å²) in [6.07, 6.45) is 0. The van der Waals surface area contributed by atoms with Crippen LogP contribution < -0.4 is 10.5 Å². The molecule has 0 atom stereocenters. The fourth-order valence-corrected chi connectivity index (χ4v) is 2.57. The van der Waals surface area contributed by atoms with E-state index in [4.69, 9.17) is 5.14 Å². The van der Waals surface area contributed by atoms with Crippen LogP contribution in [0.15, 0.2) is 21.5 Å². The molecule has 100 valence electrons. The zero-order valence-electron chi connectivity index (χ0n) is 10.3. The number of sulfonamides is 1. The highest BCUT2D eigenvalue weighted by Crippen LogP contribution is 2.24. The van der Waals surface area contributed by atoms with Crippen molar-refractivity contribution in [2.75, 3.05) is 0 Å². The van der Waals surface area contributed by atoms with Crippen molar-refractivity contribution in [2.45, 2.75) is 31.7 Å². The number of carbonyl (C=O) groups excluding carboxylic acids is 1. The highest BCUT2D eigenvalue weighted by atomic mass is 79.9. The standard InChI is InChI=1S/C11H15BrN2O3S/c1-6(2)14-11(15)9-4-8(18(13,16)17)5-10(12)7(9)3/h4-6H,1-3H3,(H,14,15)(H2,13,16,17). The van der Waals surface area contributed by atoms with Crippen LogP contribution in [0.1, 0.15) is 29.8 Å². The average Bonchev–Trinajstić information content (AvgIpc) is 2.18. The molecule has 0 aliphatic heterocycles. The van der Waals surface area contributed by atoms with Gasteiger partial charge in [0.1, 0.15) is 0 Å². The van der Waals surface area contributed by atoms with Crippen molar-refractivity contribution in [3.8, 4) is 0 Å². The largest absolute Gasteiger partial charge is 0.350 e. The van der Waals surface area contributed by atoms with Gasteiger partial charge in [0.2, 0.25) is 10.0 Å². The van der Waals surface area contributed by atoms with E-state index in [1.165, 1.54) is 12.1 Å². The van der Waals surface area contributed by atoms with Crippen molar-refractivity contribution in [3.05, 3.63) is 27.7 Å². The molecule has 1 amide bonds. The zero-order valence-corrected chi connectivity index (χ0v) is 12.7. The Bertz CT molecular complexity index is 582. The number of primary sulfonamides is 1. The summed E-state index contributed by atoms with van der Waals surface area (Å²) >= 11 is 3.22. The predicted octanol–water partition coefficient (Wildman–Crippen LogP) is 1.54. The summed E-state index contributed by atoms with van der Waals surface area (Å²) < 4.78 is 23.2. The Kier molecular flexibility index (Phi) is 4.52. The molecule has 1 aromatic carbocycles. The number of nitrogens with one attached hydrogen (secondary N) is 1. The van der Waals surface area contributed by atoms with Crippen LogP contribution >= 0.6 is 15.9 Å². The molecular formula is C11H15BrN2O3S.